The van der Waals surface area contributed by atoms with E-state index in [0.717, 1.165) is 155 Å². The first-order chi connectivity index (χ1) is 53.7. The largest absolute Gasteiger partial charge is 0.379 e. The molecule has 13 aliphatic rings. The molecule has 0 amide bonds. The molecule has 22 atom stereocenters. The zero-order valence-electron chi connectivity index (χ0n) is 82.0. The van der Waals surface area contributed by atoms with Crippen molar-refractivity contribution in [2.75, 3.05) is 212 Å². The molecule has 0 aromatic heterocycles. The maximum Gasteiger partial charge on any atom is 0.137 e. The standard InChI is InChI=1S/C16H30N2O.2C14H28FN3.C14H27FN2O.C14H28N2.C12H25FN2.C10H21FN2/c1-12-13(11-17-6-8-19-9-7-17)16(5)10-14(16)18(12)15(2,3)4;1-12-9-14(15,11-18(12)13(2,3)4)10-17-7-5-16-6-8-17;1-11-12(9-17-7-5-16-6-8-17)13(15)10-18(11)14(2,3)4;1-11-12(9-16-5-7-18-8-6-16)13(15)10-17(11)14(2,3)4;1-10-11(9-15(6)7)14(5)8-12(14)16(10)13(2,3)4;1-9-10(7-14(5)6)11(13)8-15(9)12(2,3)4;1-7-8(5-12)9(11)6-13(7)10(2,3)4/h12-14H,6-11H2,1-5H3;12,16H,5-11H2,1-4H3;11-13,16H,5-10H2,1-4H3;11-13H,5-10H2,1-4H3;10-12H,8-9H2,1-7H3;9-11H,7-8H2,1-6H3;7-9H,5-6,12H2,1-4H3/t12-,13?,14?,16-;12-,14+;2*11-,12+,13+;10-,11?,12?,14-;9-,10+,11+;7-,8+,9+/m1111111/s1. The van der Waals surface area contributed by atoms with Crippen LogP contribution in [0.2, 0.25) is 0 Å². The third-order valence-electron chi connectivity index (χ3n) is 30.1. The van der Waals surface area contributed by atoms with E-state index in [0.29, 0.717) is 104 Å². The first-order valence-corrected chi connectivity index (χ1v) is 46.8. The molecular formula is C94H187F5N16O2. The molecule has 11 heterocycles. The lowest BCUT2D eigenvalue weighted by atomic mass is 9.86. The molecule has 4 unspecified atom stereocenters. The van der Waals surface area contributed by atoms with Crippen LogP contribution in [0.3, 0.4) is 0 Å². The summed E-state index contributed by atoms with van der Waals surface area (Å²) in [5.74, 6) is 2.14. The Morgan fingerprint density at radius 1 is 0.376 bits per heavy atom. The third-order valence-corrected chi connectivity index (χ3v) is 30.1. The first kappa shape index (κ1) is 103. The summed E-state index contributed by atoms with van der Waals surface area (Å²) in [4.78, 5) is 31.1. The molecule has 13 rings (SSSR count). The Balaban J connectivity index is 0.000000189. The van der Waals surface area contributed by atoms with Crippen LogP contribution < -0.4 is 16.4 Å². The predicted octanol–water partition coefficient (Wildman–Crippen LogP) is 12.7. The minimum Gasteiger partial charge on any atom is -0.379 e. The zero-order chi connectivity index (χ0) is 88.2. The van der Waals surface area contributed by atoms with Crippen molar-refractivity contribution in [2.45, 2.75) is 350 Å². The molecule has 13 fully saturated rings. The van der Waals surface area contributed by atoms with Gasteiger partial charge in [0, 0.05) is 267 Å². The van der Waals surface area contributed by atoms with Gasteiger partial charge >= 0.3 is 0 Å². The van der Waals surface area contributed by atoms with Gasteiger partial charge in [-0.3, -0.25) is 49.0 Å². The van der Waals surface area contributed by atoms with Gasteiger partial charge in [-0.2, -0.15) is 0 Å². The van der Waals surface area contributed by atoms with E-state index in [1.54, 1.807) is 0 Å². The van der Waals surface area contributed by atoms with Crippen molar-refractivity contribution in [2.24, 2.45) is 52.1 Å². The lowest BCUT2D eigenvalue weighted by Crippen LogP contribution is -2.51. The van der Waals surface area contributed by atoms with Gasteiger partial charge in [0.05, 0.1) is 26.4 Å². The van der Waals surface area contributed by atoms with E-state index in [4.69, 9.17) is 15.2 Å². The van der Waals surface area contributed by atoms with Gasteiger partial charge in [-0.05, 0) is 271 Å². The average Bonchev–Trinajstić information content (AvgIpc) is 1.53. The van der Waals surface area contributed by atoms with Gasteiger partial charge in [-0.15, -0.1) is 0 Å². The maximum absolute atomic E-state index is 15.0. The number of rotatable bonds is 13. The molecular weight excluding hydrogens is 1480 g/mol. The fourth-order valence-corrected chi connectivity index (χ4v) is 23.7. The highest BCUT2D eigenvalue weighted by Crippen LogP contribution is 2.65. The Kier molecular flexibility index (Phi) is 36.4. The minimum atomic E-state index is -1.02. The molecule has 0 bridgehead atoms. The second kappa shape index (κ2) is 41.4. The molecule has 0 aromatic rings. The van der Waals surface area contributed by atoms with Gasteiger partial charge in [-0.25, -0.2) is 22.0 Å². The third kappa shape index (κ3) is 27.2. The maximum atomic E-state index is 15.0. The summed E-state index contributed by atoms with van der Waals surface area (Å²) in [5.41, 5.74) is 6.65. The van der Waals surface area contributed by atoms with Gasteiger partial charge in [0.25, 0.3) is 0 Å². The molecule has 2 saturated carbocycles. The second-order valence-corrected chi connectivity index (χ2v) is 46.9. The summed E-state index contributed by atoms with van der Waals surface area (Å²) in [6, 6.07) is 4.72. The molecule has 117 heavy (non-hydrogen) atoms. The van der Waals surface area contributed by atoms with Crippen molar-refractivity contribution < 1.29 is 31.4 Å². The van der Waals surface area contributed by atoms with Crippen molar-refractivity contribution >= 4 is 0 Å². The first-order valence-electron chi connectivity index (χ1n) is 46.8. The van der Waals surface area contributed by atoms with Gasteiger partial charge < -0.3 is 40.5 Å². The molecule has 11 aliphatic heterocycles. The normalized spacial score (nSPS) is 38.4. The van der Waals surface area contributed by atoms with Crippen molar-refractivity contribution in [3.05, 3.63) is 0 Å². The van der Waals surface area contributed by atoms with Crippen molar-refractivity contribution in [3.63, 3.8) is 0 Å². The van der Waals surface area contributed by atoms with Crippen molar-refractivity contribution in [1.82, 2.24) is 74.3 Å². The van der Waals surface area contributed by atoms with E-state index >= 15 is 4.39 Å². The van der Waals surface area contributed by atoms with E-state index in [1.807, 2.05) is 14.1 Å². The van der Waals surface area contributed by atoms with Crippen LogP contribution in [0.15, 0.2) is 0 Å². The molecule has 23 heteroatoms. The number of hydrogen-bond donors (Lipinski definition) is 3. The van der Waals surface area contributed by atoms with Crippen LogP contribution >= 0.6 is 0 Å². The summed E-state index contributed by atoms with van der Waals surface area (Å²) in [5, 5.41) is 6.67. The molecule has 0 spiro atoms. The Bertz CT molecular complexity index is 2840. The van der Waals surface area contributed by atoms with E-state index in [9.17, 15) is 17.6 Å². The summed E-state index contributed by atoms with van der Waals surface area (Å²) >= 11 is 0. The minimum absolute atomic E-state index is 0.0132. The van der Waals surface area contributed by atoms with Crippen molar-refractivity contribution in [1.29, 1.82) is 0 Å². The number of nitrogens with zero attached hydrogens (tertiary/aromatic N) is 13. The smallest absolute Gasteiger partial charge is 0.137 e. The highest BCUT2D eigenvalue weighted by molar-refractivity contribution is 5.22. The second-order valence-electron chi connectivity index (χ2n) is 46.9. The van der Waals surface area contributed by atoms with Gasteiger partial charge in [0.15, 0.2) is 0 Å². The van der Waals surface area contributed by atoms with Crippen LogP contribution in [-0.2, 0) is 9.47 Å². The van der Waals surface area contributed by atoms with E-state index in [-0.39, 0.29) is 57.4 Å². The number of piperidine rings is 2. The zero-order valence-corrected chi connectivity index (χ0v) is 82.0. The summed E-state index contributed by atoms with van der Waals surface area (Å²) in [6.45, 7) is 92.1. The Labute approximate surface area is 716 Å². The quantitative estimate of drug-likeness (QED) is 0.152. The Morgan fingerprint density at radius 2 is 0.684 bits per heavy atom. The predicted molar refractivity (Wildman–Crippen MR) is 483 cm³/mol. The molecule has 18 nitrogen and oxygen atoms in total. The number of ether oxygens (including phenoxy) is 2. The number of likely N-dealkylation sites (tertiary alicyclic amines) is 7. The molecule has 2 aliphatic carbocycles. The summed E-state index contributed by atoms with van der Waals surface area (Å²) in [6.07, 6.45) is 0.697. The van der Waals surface area contributed by atoms with Crippen molar-refractivity contribution in [3.8, 4) is 0 Å². The number of morpholine rings is 2. The van der Waals surface area contributed by atoms with Gasteiger partial charge in [-0.1, -0.05) is 13.8 Å². The number of halogens is 5. The fraction of sp³-hybridized carbons (Fsp3) is 1.00. The van der Waals surface area contributed by atoms with E-state index < -0.39 is 30.4 Å². The monoisotopic (exact) mass is 1670 g/mol. The number of fused-ring (bicyclic) bond motifs is 2. The number of nitrogens with one attached hydrogen (secondary N) is 2. The van der Waals surface area contributed by atoms with Crippen LogP contribution in [-0.4, -0.2) is 399 Å². The highest BCUT2D eigenvalue weighted by Gasteiger charge is 2.69. The SMILES string of the molecule is C[C@@H]1C(CN(C)C)[C@@]2(C)CC2N1C(C)(C)C.C[C@@H]1C(CN2CCOCC2)[C@@]2(C)CC2N1C(C)(C)C.C[C@@H]1C[C@](F)(CN2CCNCC2)CN1C(C)(C)C.C[C@@H]1[C@H](CN(C)C)[C@@H](F)CN1C(C)(C)C.C[C@@H]1[C@H](CN)[C@@H](F)CN1C(C)(C)C.C[C@@H]1[C@H](CN2CCNCC2)[C@@H](F)CN1C(C)(C)C.C[C@@H]1[C@H](CN2CCOCC2)[C@@H](F)CN1C(C)(C)C. The number of piperazine rings is 2. The van der Waals surface area contributed by atoms with E-state index in [1.165, 1.54) is 25.9 Å². The lowest BCUT2D eigenvalue weighted by molar-refractivity contribution is 0.0163. The summed E-state index contributed by atoms with van der Waals surface area (Å²) < 4.78 is 81.8. The topological polar surface area (TPSA) is 111 Å². The highest BCUT2D eigenvalue weighted by atomic mass is 19.2. The molecule has 690 valence electrons. The van der Waals surface area contributed by atoms with Crippen LogP contribution in [0.1, 0.15) is 227 Å². The van der Waals surface area contributed by atoms with Crippen LogP contribution in [0.4, 0.5) is 22.0 Å². The number of alkyl halides is 5. The molecule has 0 radical (unpaired) electrons. The number of nitrogens with two attached hydrogens (primary N) is 1. The van der Waals surface area contributed by atoms with Gasteiger partial charge in [0.2, 0.25) is 0 Å². The number of hydrogen-bond acceptors (Lipinski definition) is 18. The fourth-order valence-electron chi connectivity index (χ4n) is 23.7. The van der Waals surface area contributed by atoms with Gasteiger partial charge in [0.1, 0.15) is 30.4 Å². The molecule has 4 N–H and O–H groups in total. The summed E-state index contributed by atoms with van der Waals surface area (Å²) in [7, 11) is 8.43. The van der Waals surface area contributed by atoms with Crippen LogP contribution in [0.25, 0.3) is 0 Å². The molecule has 0 aromatic carbocycles. The molecule has 11 saturated heterocycles. The van der Waals surface area contributed by atoms with Crippen LogP contribution in [0.5, 0.6) is 0 Å². The Hall–Kier alpha value is -1.07. The Morgan fingerprint density at radius 3 is 1.00 bits per heavy atom. The average molecular weight is 1670 g/mol. The van der Waals surface area contributed by atoms with E-state index in [2.05, 4.69) is 296 Å². The lowest BCUT2D eigenvalue weighted by Gasteiger charge is -2.41. The van der Waals surface area contributed by atoms with Crippen LogP contribution in [0, 0.1) is 46.3 Å².